The van der Waals surface area contributed by atoms with Crippen LogP contribution >= 0.6 is 0 Å². The molecule has 1 rings (SSSR count). The molecule has 0 radical (unpaired) electrons. The van der Waals surface area contributed by atoms with Gasteiger partial charge in [-0.1, -0.05) is 6.92 Å². The molecule has 2 unspecified atom stereocenters. The van der Waals surface area contributed by atoms with Crippen molar-refractivity contribution in [3.8, 4) is 5.75 Å². The Labute approximate surface area is 103 Å². The highest BCUT2D eigenvalue weighted by atomic mass is 19.1. The lowest BCUT2D eigenvalue weighted by atomic mass is 10.2. The van der Waals surface area contributed by atoms with Gasteiger partial charge in [0, 0.05) is 12.6 Å². The second-order valence-corrected chi connectivity index (χ2v) is 4.56. The van der Waals surface area contributed by atoms with Crippen LogP contribution in [-0.2, 0) is 0 Å². The SMILES string of the molecule is CCC(C)NCC(C)Oc1ccc(F)c(C)c1. The minimum atomic E-state index is -0.192. The van der Waals surface area contributed by atoms with E-state index in [1.807, 2.05) is 6.92 Å². The fourth-order valence-electron chi connectivity index (χ4n) is 1.48. The molecule has 0 aliphatic carbocycles. The van der Waals surface area contributed by atoms with E-state index in [0.717, 1.165) is 18.7 Å². The predicted octanol–water partition coefficient (Wildman–Crippen LogP) is 3.29. The number of hydrogen-bond acceptors (Lipinski definition) is 2. The second-order valence-electron chi connectivity index (χ2n) is 4.56. The Bertz CT molecular complexity index is 354. The topological polar surface area (TPSA) is 21.3 Å². The molecule has 0 fully saturated rings. The normalized spacial score (nSPS) is 14.4. The van der Waals surface area contributed by atoms with E-state index in [1.165, 1.54) is 6.07 Å². The first-order chi connectivity index (χ1) is 8.02. The van der Waals surface area contributed by atoms with Gasteiger partial charge in [0.1, 0.15) is 17.7 Å². The summed E-state index contributed by atoms with van der Waals surface area (Å²) in [5.74, 6) is 0.532. The van der Waals surface area contributed by atoms with Crippen LogP contribution in [-0.4, -0.2) is 18.7 Å². The van der Waals surface area contributed by atoms with Gasteiger partial charge in [0.15, 0.2) is 0 Å². The highest BCUT2D eigenvalue weighted by Crippen LogP contribution is 2.17. The average Bonchev–Trinajstić information content (AvgIpc) is 2.31. The lowest BCUT2D eigenvalue weighted by molar-refractivity contribution is 0.211. The van der Waals surface area contributed by atoms with Crippen LogP contribution in [0.25, 0.3) is 0 Å². The third-order valence-electron chi connectivity index (χ3n) is 2.83. The molecule has 17 heavy (non-hydrogen) atoms. The number of ether oxygens (including phenoxy) is 1. The summed E-state index contributed by atoms with van der Waals surface area (Å²) in [6.07, 6.45) is 1.18. The Morgan fingerprint density at radius 2 is 2.06 bits per heavy atom. The summed E-state index contributed by atoms with van der Waals surface area (Å²) in [5, 5.41) is 3.38. The van der Waals surface area contributed by atoms with Crippen LogP contribution in [0, 0.1) is 12.7 Å². The van der Waals surface area contributed by atoms with E-state index < -0.39 is 0 Å². The highest BCUT2D eigenvalue weighted by molar-refractivity contribution is 5.28. The molecule has 2 atom stereocenters. The number of rotatable bonds is 6. The molecule has 0 amide bonds. The zero-order valence-corrected chi connectivity index (χ0v) is 11.1. The Morgan fingerprint density at radius 1 is 1.35 bits per heavy atom. The summed E-state index contributed by atoms with van der Waals surface area (Å²) in [7, 11) is 0. The van der Waals surface area contributed by atoms with Crippen molar-refractivity contribution in [1.82, 2.24) is 5.32 Å². The fourth-order valence-corrected chi connectivity index (χ4v) is 1.48. The largest absolute Gasteiger partial charge is 0.489 e. The van der Waals surface area contributed by atoms with Gasteiger partial charge in [-0.15, -0.1) is 0 Å². The molecule has 0 aromatic heterocycles. The molecule has 0 saturated heterocycles. The first-order valence-electron chi connectivity index (χ1n) is 6.19. The molecule has 0 saturated carbocycles. The van der Waals surface area contributed by atoms with Crippen molar-refractivity contribution in [2.24, 2.45) is 0 Å². The molecule has 0 heterocycles. The summed E-state index contributed by atoms with van der Waals surface area (Å²) >= 11 is 0. The van der Waals surface area contributed by atoms with E-state index in [4.69, 9.17) is 4.74 Å². The molecule has 1 aromatic rings. The Balaban J connectivity index is 2.44. The monoisotopic (exact) mass is 239 g/mol. The van der Waals surface area contributed by atoms with Crippen LogP contribution < -0.4 is 10.1 Å². The average molecular weight is 239 g/mol. The Hall–Kier alpha value is -1.09. The highest BCUT2D eigenvalue weighted by Gasteiger charge is 2.07. The van der Waals surface area contributed by atoms with Crippen molar-refractivity contribution in [2.75, 3.05) is 6.54 Å². The van der Waals surface area contributed by atoms with Crippen molar-refractivity contribution < 1.29 is 9.13 Å². The van der Waals surface area contributed by atoms with Crippen LogP contribution in [0.5, 0.6) is 5.75 Å². The smallest absolute Gasteiger partial charge is 0.126 e. The summed E-state index contributed by atoms with van der Waals surface area (Å²) in [6, 6.07) is 5.34. The molecular formula is C14H22FNO. The molecule has 2 nitrogen and oxygen atoms in total. The van der Waals surface area contributed by atoms with Gasteiger partial charge in [0.25, 0.3) is 0 Å². The zero-order valence-electron chi connectivity index (χ0n) is 11.1. The van der Waals surface area contributed by atoms with Gasteiger partial charge in [-0.25, -0.2) is 4.39 Å². The summed E-state index contributed by atoms with van der Waals surface area (Å²) in [5.41, 5.74) is 0.615. The summed E-state index contributed by atoms with van der Waals surface area (Å²) < 4.78 is 18.8. The van der Waals surface area contributed by atoms with Crippen molar-refractivity contribution in [1.29, 1.82) is 0 Å². The van der Waals surface area contributed by atoms with Crippen LogP contribution in [0.4, 0.5) is 4.39 Å². The van der Waals surface area contributed by atoms with E-state index in [-0.39, 0.29) is 11.9 Å². The summed E-state index contributed by atoms with van der Waals surface area (Å²) in [4.78, 5) is 0. The molecule has 1 aromatic carbocycles. The van der Waals surface area contributed by atoms with E-state index in [2.05, 4.69) is 19.2 Å². The van der Waals surface area contributed by atoms with Crippen molar-refractivity contribution in [3.63, 3.8) is 0 Å². The molecule has 0 spiro atoms. The quantitative estimate of drug-likeness (QED) is 0.822. The Kier molecular flexibility index (Phi) is 5.42. The number of benzene rings is 1. The minimum absolute atomic E-state index is 0.0776. The van der Waals surface area contributed by atoms with Gasteiger partial charge in [0.05, 0.1) is 0 Å². The van der Waals surface area contributed by atoms with E-state index in [0.29, 0.717) is 11.6 Å². The maximum Gasteiger partial charge on any atom is 0.126 e. The van der Waals surface area contributed by atoms with E-state index in [1.54, 1.807) is 19.1 Å². The van der Waals surface area contributed by atoms with E-state index >= 15 is 0 Å². The first-order valence-corrected chi connectivity index (χ1v) is 6.19. The predicted molar refractivity (Wildman–Crippen MR) is 69.0 cm³/mol. The van der Waals surface area contributed by atoms with Gasteiger partial charge in [-0.3, -0.25) is 0 Å². The van der Waals surface area contributed by atoms with Gasteiger partial charge in [-0.05, 0) is 51.0 Å². The number of hydrogen-bond donors (Lipinski definition) is 1. The molecule has 96 valence electrons. The molecular weight excluding hydrogens is 217 g/mol. The van der Waals surface area contributed by atoms with Crippen LogP contribution in [0.1, 0.15) is 32.8 Å². The van der Waals surface area contributed by atoms with Crippen molar-refractivity contribution in [2.45, 2.75) is 46.3 Å². The first kappa shape index (κ1) is 14.0. The lowest BCUT2D eigenvalue weighted by Crippen LogP contribution is -2.34. The van der Waals surface area contributed by atoms with Gasteiger partial charge >= 0.3 is 0 Å². The van der Waals surface area contributed by atoms with Crippen molar-refractivity contribution >= 4 is 0 Å². The minimum Gasteiger partial charge on any atom is -0.489 e. The third kappa shape index (κ3) is 4.73. The fraction of sp³-hybridized carbons (Fsp3) is 0.571. The number of nitrogens with one attached hydrogen (secondary N) is 1. The molecule has 3 heteroatoms. The number of halogens is 1. The molecule has 1 N–H and O–H groups in total. The van der Waals surface area contributed by atoms with Gasteiger partial charge in [0.2, 0.25) is 0 Å². The molecule has 0 bridgehead atoms. The third-order valence-corrected chi connectivity index (χ3v) is 2.83. The number of aryl methyl sites for hydroxylation is 1. The molecule has 0 aliphatic heterocycles. The lowest BCUT2D eigenvalue weighted by Gasteiger charge is -2.18. The van der Waals surface area contributed by atoms with Crippen molar-refractivity contribution in [3.05, 3.63) is 29.6 Å². The Morgan fingerprint density at radius 3 is 2.65 bits per heavy atom. The van der Waals surface area contributed by atoms with Crippen LogP contribution in [0.15, 0.2) is 18.2 Å². The summed E-state index contributed by atoms with van der Waals surface area (Å²) in [6.45, 7) is 8.84. The van der Waals surface area contributed by atoms with Gasteiger partial charge < -0.3 is 10.1 Å². The maximum atomic E-state index is 13.1. The van der Waals surface area contributed by atoms with Crippen LogP contribution in [0.2, 0.25) is 0 Å². The second kappa shape index (κ2) is 6.60. The van der Waals surface area contributed by atoms with Crippen LogP contribution in [0.3, 0.4) is 0 Å². The van der Waals surface area contributed by atoms with Gasteiger partial charge in [-0.2, -0.15) is 0 Å². The zero-order chi connectivity index (χ0) is 12.8. The standard InChI is InChI=1S/C14H22FNO/c1-5-11(3)16-9-12(4)17-13-6-7-14(15)10(2)8-13/h6-8,11-12,16H,5,9H2,1-4H3. The maximum absolute atomic E-state index is 13.1. The molecule has 0 aliphatic rings. The van der Waals surface area contributed by atoms with E-state index in [9.17, 15) is 4.39 Å².